The third kappa shape index (κ3) is 5.12. The summed E-state index contributed by atoms with van der Waals surface area (Å²) in [5, 5.41) is 0. The van der Waals surface area contributed by atoms with Gasteiger partial charge in [-0.3, -0.25) is 4.57 Å². The maximum Gasteiger partial charge on any atom is 0.319 e. The molecule has 5 nitrogen and oxygen atoms in total. The van der Waals surface area contributed by atoms with E-state index in [9.17, 15) is 4.57 Å². The molecule has 0 heterocycles. The molecule has 0 amide bonds. The summed E-state index contributed by atoms with van der Waals surface area (Å²) < 4.78 is 22.3. The summed E-state index contributed by atoms with van der Waals surface area (Å²) in [5.41, 5.74) is 12.1. The van der Waals surface area contributed by atoms with Crippen LogP contribution < -0.4 is 11.5 Å². The van der Waals surface area contributed by atoms with Crippen molar-refractivity contribution in [3.8, 4) is 0 Å². The zero-order valence-corrected chi connectivity index (χ0v) is 13.3. The normalized spacial score (nSPS) is 25.9. The van der Waals surface area contributed by atoms with Crippen LogP contribution in [0.2, 0.25) is 0 Å². The molecule has 0 aromatic rings. The monoisotopic (exact) mass is 304 g/mol. The maximum absolute atomic E-state index is 11.7. The standard InChI is InChI=1S/C14H29N2O3P/c15-13(11-5-1-2-6-11)9-18-20(17)19-10-14(16)12-7-3-4-8-12/h11-14,20H,1-10,15-16H2. The van der Waals surface area contributed by atoms with Gasteiger partial charge in [0.1, 0.15) is 0 Å². The molecule has 0 bridgehead atoms. The second-order valence-corrected chi connectivity index (χ2v) is 7.37. The average Bonchev–Trinajstić information content (AvgIpc) is 3.14. The van der Waals surface area contributed by atoms with Crippen molar-refractivity contribution in [2.24, 2.45) is 23.3 Å². The van der Waals surface area contributed by atoms with E-state index in [1.54, 1.807) is 0 Å². The predicted molar refractivity (Wildman–Crippen MR) is 80.8 cm³/mol. The van der Waals surface area contributed by atoms with E-state index in [0.29, 0.717) is 25.0 Å². The minimum Gasteiger partial charge on any atom is -0.325 e. The van der Waals surface area contributed by atoms with E-state index < -0.39 is 8.25 Å². The van der Waals surface area contributed by atoms with Gasteiger partial charge >= 0.3 is 8.25 Å². The molecule has 0 saturated heterocycles. The summed E-state index contributed by atoms with van der Waals surface area (Å²) >= 11 is 0. The zero-order chi connectivity index (χ0) is 14.4. The van der Waals surface area contributed by atoms with Crippen molar-refractivity contribution in [1.82, 2.24) is 0 Å². The summed E-state index contributed by atoms with van der Waals surface area (Å²) in [6.07, 6.45) is 9.66. The third-order valence-electron chi connectivity index (χ3n) is 4.80. The number of rotatable bonds is 8. The van der Waals surface area contributed by atoms with Crippen molar-refractivity contribution in [2.75, 3.05) is 13.2 Å². The van der Waals surface area contributed by atoms with Crippen molar-refractivity contribution in [3.05, 3.63) is 0 Å². The molecule has 2 saturated carbocycles. The first-order valence-electron chi connectivity index (χ1n) is 7.97. The summed E-state index contributed by atoms with van der Waals surface area (Å²) in [6.45, 7) is 0.669. The fourth-order valence-electron chi connectivity index (χ4n) is 3.41. The summed E-state index contributed by atoms with van der Waals surface area (Å²) in [6, 6.07) is -0.0305. The van der Waals surface area contributed by atoms with Gasteiger partial charge < -0.3 is 20.5 Å². The average molecular weight is 304 g/mol. The fraction of sp³-hybridized carbons (Fsp3) is 1.00. The van der Waals surface area contributed by atoms with Crippen LogP contribution in [0.1, 0.15) is 51.4 Å². The van der Waals surface area contributed by atoms with Crippen LogP contribution >= 0.6 is 8.25 Å². The topological polar surface area (TPSA) is 87.6 Å². The van der Waals surface area contributed by atoms with Crippen molar-refractivity contribution in [1.29, 1.82) is 0 Å². The molecule has 4 N–H and O–H groups in total. The Morgan fingerprint density at radius 3 is 1.55 bits per heavy atom. The van der Waals surface area contributed by atoms with Gasteiger partial charge in [0.15, 0.2) is 0 Å². The maximum atomic E-state index is 11.7. The third-order valence-corrected chi connectivity index (χ3v) is 5.60. The number of nitrogens with two attached hydrogens (primary N) is 2. The molecular formula is C14H29N2O3P. The summed E-state index contributed by atoms with van der Waals surface area (Å²) in [7, 11) is -2.45. The van der Waals surface area contributed by atoms with E-state index in [1.807, 2.05) is 0 Å². The second kappa shape index (κ2) is 8.50. The first kappa shape index (κ1) is 16.4. The highest BCUT2D eigenvalue weighted by atomic mass is 31.1. The summed E-state index contributed by atoms with van der Waals surface area (Å²) in [5.74, 6) is 1.04. The van der Waals surface area contributed by atoms with Gasteiger partial charge in [-0.15, -0.1) is 0 Å². The Kier molecular flexibility index (Phi) is 6.99. The van der Waals surface area contributed by atoms with E-state index in [2.05, 4.69) is 0 Å². The Morgan fingerprint density at radius 2 is 1.20 bits per heavy atom. The zero-order valence-electron chi connectivity index (χ0n) is 12.3. The van der Waals surface area contributed by atoms with Gasteiger partial charge in [0.2, 0.25) is 0 Å². The molecule has 2 aliphatic rings. The smallest absolute Gasteiger partial charge is 0.319 e. The molecular weight excluding hydrogens is 275 g/mol. The molecule has 6 heteroatoms. The minimum atomic E-state index is -2.45. The minimum absolute atomic E-state index is 0.0152. The van der Waals surface area contributed by atoms with E-state index >= 15 is 0 Å². The van der Waals surface area contributed by atoms with Gasteiger partial charge in [-0.2, -0.15) is 0 Å². The highest BCUT2D eigenvalue weighted by molar-refractivity contribution is 7.33. The lowest BCUT2D eigenvalue weighted by molar-refractivity contribution is 0.181. The van der Waals surface area contributed by atoms with Gasteiger partial charge in [-0.1, -0.05) is 25.7 Å². The van der Waals surface area contributed by atoms with Crippen LogP contribution in [0, 0.1) is 11.8 Å². The first-order valence-corrected chi connectivity index (χ1v) is 9.20. The molecule has 0 aromatic carbocycles. The molecule has 2 atom stereocenters. The SMILES string of the molecule is NC(CO[PH](=O)OCC(N)C1CCCC1)C1CCCC1. The van der Waals surface area contributed by atoms with Crippen LogP contribution in [0.15, 0.2) is 0 Å². The second-order valence-electron chi connectivity index (χ2n) is 6.29. The van der Waals surface area contributed by atoms with E-state index in [4.69, 9.17) is 20.5 Å². The number of hydrogen-bond donors (Lipinski definition) is 2. The molecule has 0 aliphatic heterocycles. The van der Waals surface area contributed by atoms with E-state index in [0.717, 1.165) is 0 Å². The van der Waals surface area contributed by atoms with Gasteiger partial charge in [0.05, 0.1) is 13.2 Å². The molecule has 20 heavy (non-hydrogen) atoms. The van der Waals surface area contributed by atoms with Gasteiger partial charge in [0, 0.05) is 12.1 Å². The van der Waals surface area contributed by atoms with Crippen LogP contribution in [0.3, 0.4) is 0 Å². The van der Waals surface area contributed by atoms with Gasteiger partial charge in [-0.25, -0.2) is 0 Å². The molecule has 2 fully saturated rings. The van der Waals surface area contributed by atoms with Crippen LogP contribution in [0.5, 0.6) is 0 Å². The van der Waals surface area contributed by atoms with Crippen LogP contribution in [-0.2, 0) is 13.6 Å². The lowest BCUT2D eigenvalue weighted by Crippen LogP contribution is -2.33. The van der Waals surface area contributed by atoms with Crippen molar-refractivity contribution >= 4 is 8.25 Å². The lowest BCUT2D eigenvalue weighted by atomic mass is 10.0. The van der Waals surface area contributed by atoms with Gasteiger partial charge in [-0.05, 0) is 37.5 Å². The fourth-order valence-corrected chi connectivity index (χ4v) is 4.15. The lowest BCUT2D eigenvalue weighted by Gasteiger charge is -2.20. The Morgan fingerprint density at radius 1 is 0.850 bits per heavy atom. The van der Waals surface area contributed by atoms with E-state index in [1.165, 1.54) is 51.4 Å². The number of hydrogen-bond acceptors (Lipinski definition) is 5. The summed E-state index contributed by atoms with van der Waals surface area (Å²) in [4.78, 5) is 0. The molecule has 0 spiro atoms. The highest BCUT2D eigenvalue weighted by Gasteiger charge is 2.24. The Labute approximate surface area is 122 Å². The molecule has 0 aromatic heterocycles. The Balaban J connectivity index is 1.57. The first-order chi connectivity index (χ1) is 9.66. The van der Waals surface area contributed by atoms with Crippen molar-refractivity contribution < 1.29 is 13.6 Å². The van der Waals surface area contributed by atoms with Crippen LogP contribution in [-0.4, -0.2) is 25.3 Å². The molecule has 118 valence electrons. The Hall–Kier alpha value is 0.0700. The molecule has 2 unspecified atom stereocenters. The Bertz CT molecular complexity index is 277. The highest BCUT2D eigenvalue weighted by Crippen LogP contribution is 2.31. The van der Waals surface area contributed by atoms with E-state index in [-0.39, 0.29) is 12.1 Å². The molecule has 2 rings (SSSR count). The van der Waals surface area contributed by atoms with Gasteiger partial charge in [0.25, 0.3) is 0 Å². The van der Waals surface area contributed by atoms with Crippen LogP contribution in [0.25, 0.3) is 0 Å². The van der Waals surface area contributed by atoms with Crippen LogP contribution in [0.4, 0.5) is 0 Å². The molecule has 2 aliphatic carbocycles. The quantitative estimate of drug-likeness (QED) is 0.672. The predicted octanol–water partition coefficient (Wildman–Crippen LogP) is 2.44. The molecule has 0 radical (unpaired) electrons. The largest absolute Gasteiger partial charge is 0.325 e. The van der Waals surface area contributed by atoms with Crippen molar-refractivity contribution in [3.63, 3.8) is 0 Å². The van der Waals surface area contributed by atoms with Crippen molar-refractivity contribution in [2.45, 2.75) is 63.5 Å².